The highest BCUT2D eigenvalue weighted by atomic mass is 16.5. The van der Waals surface area contributed by atoms with Gasteiger partial charge in [-0.1, -0.05) is 0 Å². The maximum absolute atomic E-state index is 10.4. The molecule has 0 fully saturated rings. The molecule has 0 amide bonds. The Morgan fingerprint density at radius 1 is 1.50 bits per heavy atom. The van der Waals surface area contributed by atoms with E-state index in [1.165, 1.54) is 6.92 Å². The van der Waals surface area contributed by atoms with Crippen LogP contribution < -0.4 is 0 Å². The van der Waals surface area contributed by atoms with Crippen LogP contribution in [0.5, 0.6) is 0 Å². The summed E-state index contributed by atoms with van der Waals surface area (Å²) in [5.41, 5.74) is 0. The normalized spacial score (nSPS) is 15.6. The predicted molar refractivity (Wildman–Crippen MR) is 44.1 cm³/mol. The lowest BCUT2D eigenvalue weighted by atomic mass is 10.3. The van der Waals surface area contributed by atoms with E-state index in [0.717, 1.165) is 0 Å². The molecule has 2 unspecified atom stereocenters. The minimum absolute atomic E-state index is 0.0731. The third-order valence-corrected chi connectivity index (χ3v) is 1.51. The summed E-state index contributed by atoms with van der Waals surface area (Å²) in [7, 11) is 1.60. The first-order valence-corrected chi connectivity index (χ1v) is 3.95. The fourth-order valence-corrected chi connectivity index (χ4v) is 0.759. The van der Waals surface area contributed by atoms with Crippen molar-refractivity contribution in [2.24, 2.45) is 0 Å². The van der Waals surface area contributed by atoms with E-state index >= 15 is 0 Å². The zero-order valence-electron chi connectivity index (χ0n) is 7.74. The fraction of sp³-hybridized carbons (Fsp3) is 0.875. The Kier molecular flexibility index (Phi) is 5.66. The molecule has 1 N–H and O–H groups in total. The van der Waals surface area contributed by atoms with Crippen LogP contribution in [0.2, 0.25) is 0 Å². The molecule has 0 aliphatic rings. The van der Waals surface area contributed by atoms with Gasteiger partial charge in [-0.3, -0.25) is 0 Å². The molecular weight excluding hydrogens is 160 g/mol. The third kappa shape index (κ3) is 5.09. The highest BCUT2D eigenvalue weighted by Crippen LogP contribution is 2.02. The van der Waals surface area contributed by atoms with Gasteiger partial charge in [0.15, 0.2) is 6.10 Å². The van der Waals surface area contributed by atoms with Gasteiger partial charge in [0, 0.05) is 13.7 Å². The smallest absolute Gasteiger partial charge is 0.332 e. The van der Waals surface area contributed by atoms with E-state index in [-0.39, 0.29) is 6.10 Å². The predicted octanol–water partition coefficient (Wildman–Crippen LogP) is 0.901. The number of carbonyl (C=O) groups is 1. The summed E-state index contributed by atoms with van der Waals surface area (Å²) in [5.74, 6) is -0.931. The molecule has 12 heavy (non-hydrogen) atoms. The van der Waals surface area contributed by atoms with Gasteiger partial charge in [-0.05, 0) is 20.3 Å². The molecule has 2 atom stereocenters. The number of carboxylic acids is 1. The molecule has 0 bridgehead atoms. The van der Waals surface area contributed by atoms with Crippen molar-refractivity contribution in [2.75, 3.05) is 13.7 Å². The van der Waals surface area contributed by atoms with Crippen molar-refractivity contribution in [3.05, 3.63) is 0 Å². The van der Waals surface area contributed by atoms with E-state index in [1.54, 1.807) is 7.11 Å². The summed E-state index contributed by atoms with van der Waals surface area (Å²) in [5, 5.41) is 8.50. The minimum atomic E-state index is -0.931. The van der Waals surface area contributed by atoms with Gasteiger partial charge in [0.05, 0.1) is 6.10 Å². The number of hydrogen-bond acceptors (Lipinski definition) is 3. The summed E-state index contributed by atoms with van der Waals surface area (Å²) in [6, 6.07) is 0. The first kappa shape index (κ1) is 11.4. The molecule has 0 saturated carbocycles. The molecule has 0 radical (unpaired) electrons. The van der Waals surface area contributed by atoms with E-state index in [9.17, 15) is 4.79 Å². The molecule has 0 aliphatic carbocycles. The first-order chi connectivity index (χ1) is 5.57. The topological polar surface area (TPSA) is 55.8 Å². The van der Waals surface area contributed by atoms with Crippen molar-refractivity contribution < 1.29 is 19.4 Å². The Morgan fingerprint density at radius 2 is 2.08 bits per heavy atom. The summed E-state index contributed by atoms with van der Waals surface area (Å²) in [4.78, 5) is 10.4. The second-order valence-electron chi connectivity index (χ2n) is 2.71. The maximum Gasteiger partial charge on any atom is 0.332 e. The standard InChI is InChI=1S/C8H16O4/c1-6(4-5-11-3)12-7(2)8(9)10/h6-7H,4-5H2,1-3H3,(H,9,10). The monoisotopic (exact) mass is 176 g/mol. The number of carboxylic acid groups (broad SMARTS) is 1. The Labute approximate surface area is 72.5 Å². The van der Waals surface area contributed by atoms with Crippen LogP contribution in [0.25, 0.3) is 0 Å². The van der Waals surface area contributed by atoms with Crippen LogP contribution >= 0.6 is 0 Å². The highest BCUT2D eigenvalue weighted by molar-refractivity contribution is 5.71. The van der Waals surface area contributed by atoms with Crippen LogP contribution in [0.1, 0.15) is 20.3 Å². The average molecular weight is 176 g/mol. The lowest BCUT2D eigenvalue weighted by Crippen LogP contribution is -2.25. The second kappa shape index (κ2) is 5.97. The molecule has 0 aliphatic heterocycles. The third-order valence-electron chi connectivity index (χ3n) is 1.51. The molecule has 4 nitrogen and oxygen atoms in total. The molecule has 0 spiro atoms. The summed E-state index contributed by atoms with van der Waals surface area (Å²) < 4.78 is 9.96. The zero-order chi connectivity index (χ0) is 9.56. The van der Waals surface area contributed by atoms with Crippen molar-refractivity contribution in [3.63, 3.8) is 0 Å². The molecule has 0 rings (SSSR count). The van der Waals surface area contributed by atoms with Gasteiger partial charge in [-0.2, -0.15) is 0 Å². The fourth-order valence-electron chi connectivity index (χ4n) is 0.759. The Bertz CT molecular complexity index is 135. The second-order valence-corrected chi connectivity index (χ2v) is 2.71. The average Bonchev–Trinajstić information content (AvgIpc) is 2.00. The van der Waals surface area contributed by atoms with E-state index in [2.05, 4.69) is 0 Å². The molecular formula is C8H16O4. The molecule has 72 valence electrons. The van der Waals surface area contributed by atoms with Crippen molar-refractivity contribution in [2.45, 2.75) is 32.5 Å². The SMILES string of the molecule is COCCC(C)OC(C)C(=O)O. The van der Waals surface area contributed by atoms with E-state index in [4.69, 9.17) is 14.6 Å². The highest BCUT2D eigenvalue weighted by Gasteiger charge is 2.14. The van der Waals surface area contributed by atoms with Crippen molar-refractivity contribution in [3.8, 4) is 0 Å². The lowest BCUT2D eigenvalue weighted by molar-refractivity contribution is -0.152. The Morgan fingerprint density at radius 3 is 2.50 bits per heavy atom. The van der Waals surface area contributed by atoms with Crippen molar-refractivity contribution in [1.29, 1.82) is 0 Å². The van der Waals surface area contributed by atoms with Crippen LogP contribution in [0, 0.1) is 0 Å². The summed E-state index contributed by atoms with van der Waals surface area (Å²) in [6.07, 6.45) is -0.0957. The van der Waals surface area contributed by atoms with Gasteiger partial charge in [-0.25, -0.2) is 4.79 Å². The quantitative estimate of drug-likeness (QED) is 0.653. The largest absolute Gasteiger partial charge is 0.479 e. The lowest BCUT2D eigenvalue weighted by Gasteiger charge is -2.15. The van der Waals surface area contributed by atoms with Crippen LogP contribution in [0.3, 0.4) is 0 Å². The van der Waals surface area contributed by atoms with Crippen LogP contribution in [-0.2, 0) is 14.3 Å². The van der Waals surface area contributed by atoms with E-state index in [1.807, 2.05) is 6.92 Å². The van der Waals surface area contributed by atoms with Crippen LogP contribution in [0.4, 0.5) is 0 Å². The zero-order valence-corrected chi connectivity index (χ0v) is 7.74. The number of hydrogen-bond donors (Lipinski definition) is 1. The molecule has 4 heteroatoms. The van der Waals surface area contributed by atoms with Crippen LogP contribution in [-0.4, -0.2) is 37.0 Å². The number of methoxy groups -OCH3 is 1. The molecule has 0 heterocycles. The number of aliphatic carboxylic acids is 1. The van der Waals surface area contributed by atoms with Gasteiger partial charge >= 0.3 is 5.97 Å². The first-order valence-electron chi connectivity index (χ1n) is 3.95. The van der Waals surface area contributed by atoms with Gasteiger partial charge in [-0.15, -0.1) is 0 Å². The summed E-state index contributed by atoms with van der Waals surface area (Å²) in [6.45, 7) is 3.94. The van der Waals surface area contributed by atoms with Gasteiger partial charge < -0.3 is 14.6 Å². The molecule has 0 aromatic heterocycles. The molecule has 0 saturated heterocycles. The van der Waals surface area contributed by atoms with Gasteiger partial charge in [0.25, 0.3) is 0 Å². The Balaban J connectivity index is 3.53. The maximum atomic E-state index is 10.4. The van der Waals surface area contributed by atoms with E-state index in [0.29, 0.717) is 13.0 Å². The van der Waals surface area contributed by atoms with Crippen LogP contribution in [0.15, 0.2) is 0 Å². The van der Waals surface area contributed by atoms with Crippen molar-refractivity contribution >= 4 is 5.97 Å². The Hall–Kier alpha value is -0.610. The molecule has 0 aromatic carbocycles. The summed E-state index contributed by atoms with van der Waals surface area (Å²) >= 11 is 0. The minimum Gasteiger partial charge on any atom is -0.479 e. The van der Waals surface area contributed by atoms with E-state index < -0.39 is 12.1 Å². The van der Waals surface area contributed by atoms with Crippen molar-refractivity contribution in [1.82, 2.24) is 0 Å². The number of rotatable bonds is 6. The molecule has 0 aromatic rings. The van der Waals surface area contributed by atoms with Gasteiger partial charge in [0.1, 0.15) is 0 Å². The number of ether oxygens (including phenoxy) is 2. The van der Waals surface area contributed by atoms with Gasteiger partial charge in [0.2, 0.25) is 0 Å².